The van der Waals surface area contributed by atoms with Crippen molar-refractivity contribution in [3.05, 3.63) is 94.0 Å². The summed E-state index contributed by atoms with van der Waals surface area (Å²) in [5.41, 5.74) is 2.33. The SMILES string of the molecule is OC(Cc1c(-c2ccccc2)ccc(Cl)c1Cl)(c1ccccc1)C1CNCCO1. The molecule has 0 aliphatic carbocycles. The molecule has 0 aromatic heterocycles. The van der Waals surface area contributed by atoms with Crippen molar-refractivity contribution in [3.63, 3.8) is 0 Å². The molecule has 1 heterocycles. The van der Waals surface area contributed by atoms with Crippen molar-refractivity contribution in [2.45, 2.75) is 18.1 Å². The van der Waals surface area contributed by atoms with Crippen molar-refractivity contribution >= 4 is 23.2 Å². The van der Waals surface area contributed by atoms with Gasteiger partial charge in [-0.1, -0.05) is 89.9 Å². The van der Waals surface area contributed by atoms with Crippen LogP contribution >= 0.6 is 23.2 Å². The van der Waals surface area contributed by atoms with Gasteiger partial charge in [-0.05, 0) is 28.3 Å². The van der Waals surface area contributed by atoms with Crippen molar-refractivity contribution in [2.24, 2.45) is 0 Å². The number of benzene rings is 3. The standard InChI is InChI=1S/C24H23Cl2NO2/c25-21-12-11-19(17-7-3-1-4-8-17)20(23(21)26)15-24(28,18-9-5-2-6-10-18)22-16-27-13-14-29-22/h1-12,22,27-28H,13-16H2. The van der Waals surface area contributed by atoms with Crippen LogP contribution in [-0.4, -0.2) is 30.9 Å². The first kappa shape index (κ1) is 20.4. The number of aliphatic hydroxyl groups is 1. The van der Waals surface area contributed by atoms with Gasteiger partial charge in [0.1, 0.15) is 11.7 Å². The molecule has 1 fully saturated rings. The number of morpholine rings is 1. The monoisotopic (exact) mass is 427 g/mol. The summed E-state index contributed by atoms with van der Waals surface area (Å²) in [5, 5.41) is 16.2. The van der Waals surface area contributed by atoms with E-state index in [0.717, 1.165) is 28.8 Å². The Balaban J connectivity index is 1.83. The quantitative estimate of drug-likeness (QED) is 0.596. The lowest BCUT2D eigenvalue weighted by Gasteiger charge is -2.39. The second kappa shape index (κ2) is 8.86. The summed E-state index contributed by atoms with van der Waals surface area (Å²) in [7, 11) is 0. The summed E-state index contributed by atoms with van der Waals surface area (Å²) in [6, 6.07) is 23.4. The van der Waals surface area contributed by atoms with Gasteiger partial charge < -0.3 is 15.2 Å². The van der Waals surface area contributed by atoms with Crippen LogP contribution in [0.3, 0.4) is 0 Å². The van der Waals surface area contributed by atoms with Gasteiger partial charge in [-0.2, -0.15) is 0 Å². The van der Waals surface area contributed by atoms with Gasteiger partial charge in [0.05, 0.1) is 16.7 Å². The van der Waals surface area contributed by atoms with Crippen LogP contribution in [0.4, 0.5) is 0 Å². The number of hydrogen-bond donors (Lipinski definition) is 2. The highest BCUT2D eigenvalue weighted by Crippen LogP contribution is 2.40. The van der Waals surface area contributed by atoms with Gasteiger partial charge in [0, 0.05) is 19.5 Å². The Morgan fingerprint density at radius 3 is 2.31 bits per heavy atom. The molecule has 0 radical (unpaired) electrons. The molecule has 5 heteroatoms. The van der Waals surface area contributed by atoms with E-state index in [0.29, 0.717) is 23.2 Å². The molecule has 150 valence electrons. The van der Waals surface area contributed by atoms with Crippen molar-refractivity contribution in [1.82, 2.24) is 5.32 Å². The van der Waals surface area contributed by atoms with Crippen LogP contribution in [0.15, 0.2) is 72.8 Å². The number of hydrogen-bond acceptors (Lipinski definition) is 3. The Morgan fingerprint density at radius 1 is 0.966 bits per heavy atom. The van der Waals surface area contributed by atoms with Crippen LogP contribution < -0.4 is 5.32 Å². The molecule has 0 saturated carbocycles. The van der Waals surface area contributed by atoms with E-state index in [1.165, 1.54) is 0 Å². The third-order valence-electron chi connectivity index (χ3n) is 5.46. The average Bonchev–Trinajstić information content (AvgIpc) is 2.79. The third kappa shape index (κ3) is 4.20. The molecule has 4 rings (SSSR count). The van der Waals surface area contributed by atoms with Crippen molar-refractivity contribution in [2.75, 3.05) is 19.7 Å². The van der Waals surface area contributed by atoms with Crippen LogP contribution in [-0.2, 0) is 16.8 Å². The van der Waals surface area contributed by atoms with E-state index >= 15 is 0 Å². The van der Waals surface area contributed by atoms with Gasteiger partial charge in [0.15, 0.2) is 0 Å². The number of halogens is 2. The molecular formula is C24H23Cl2NO2. The number of ether oxygens (including phenoxy) is 1. The van der Waals surface area contributed by atoms with Crippen molar-refractivity contribution < 1.29 is 9.84 Å². The van der Waals surface area contributed by atoms with Gasteiger partial charge in [0.2, 0.25) is 0 Å². The van der Waals surface area contributed by atoms with Gasteiger partial charge in [-0.3, -0.25) is 0 Å². The Labute approximate surface area is 181 Å². The molecular weight excluding hydrogens is 405 g/mol. The zero-order valence-corrected chi connectivity index (χ0v) is 17.5. The lowest BCUT2D eigenvalue weighted by atomic mass is 9.80. The summed E-state index contributed by atoms with van der Waals surface area (Å²) >= 11 is 13.1. The predicted octanol–water partition coefficient (Wildman–Crippen LogP) is 5.08. The van der Waals surface area contributed by atoms with E-state index in [9.17, 15) is 5.11 Å². The third-order valence-corrected chi connectivity index (χ3v) is 6.30. The highest BCUT2D eigenvalue weighted by Gasteiger charge is 2.41. The molecule has 0 spiro atoms. The fraction of sp³-hybridized carbons (Fsp3) is 0.250. The van der Waals surface area contributed by atoms with E-state index in [2.05, 4.69) is 5.32 Å². The Bertz CT molecular complexity index is 959. The fourth-order valence-electron chi connectivity index (χ4n) is 3.92. The summed E-state index contributed by atoms with van der Waals surface area (Å²) in [6.45, 7) is 1.88. The minimum Gasteiger partial charge on any atom is -0.382 e. The second-order valence-electron chi connectivity index (χ2n) is 7.28. The molecule has 3 aromatic carbocycles. The normalized spacial score (nSPS) is 18.9. The van der Waals surface area contributed by atoms with Gasteiger partial charge in [0.25, 0.3) is 0 Å². The minimum absolute atomic E-state index is 0.285. The second-order valence-corrected chi connectivity index (χ2v) is 8.07. The Kier molecular flexibility index (Phi) is 6.23. The molecule has 0 bridgehead atoms. The van der Waals surface area contributed by atoms with Gasteiger partial charge in [-0.25, -0.2) is 0 Å². The van der Waals surface area contributed by atoms with Crippen molar-refractivity contribution in [3.8, 4) is 11.1 Å². The summed E-state index contributed by atoms with van der Waals surface area (Å²) in [6.07, 6.45) is -0.121. The Morgan fingerprint density at radius 2 is 1.66 bits per heavy atom. The molecule has 1 saturated heterocycles. The first-order valence-corrected chi connectivity index (χ1v) is 10.5. The zero-order valence-electron chi connectivity index (χ0n) is 15.9. The lowest BCUT2D eigenvalue weighted by molar-refractivity contribution is -0.124. The maximum atomic E-state index is 12.0. The lowest BCUT2D eigenvalue weighted by Crippen LogP contribution is -2.52. The van der Waals surface area contributed by atoms with Crippen LogP contribution in [0, 0.1) is 0 Å². The summed E-state index contributed by atoms with van der Waals surface area (Å²) in [4.78, 5) is 0. The van der Waals surface area contributed by atoms with E-state index in [4.69, 9.17) is 27.9 Å². The smallest absolute Gasteiger partial charge is 0.121 e. The summed E-state index contributed by atoms with van der Waals surface area (Å²) in [5.74, 6) is 0. The molecule has 0 amide bonds. The largest absolute Gasteiger partial charge is 0.382 e. The van der Waals surface area contributed by atoms with Crippen molar-refractivity contribution in [1.29, 1.82) is 0 Å². The molecule has 3 aromatic rings. The molecule has 1 aliphatic rings. The first-order valence-electron chi connectivity index (χ1n) is 9.72. The van der Waals surface area contributed by atoms with E-state index in [1.807, 2.05) is 66.7 Å². The fourth-order valence-corrected chi connectivity index (χ4v) is 4.33. The van der Waals surface area contributed by atoms with Crippen LogP contribution in [0.25, 0.3) is 11.1 Å². The maximum absolute atomic E-state index is 12.0. The van der Waals surface area contributed by atoms with Crippen LogP contribution in [0.2, 0.25) is 10.0 Å². The molecule has 2 atom stereocenters. The summed E-state index contributed by atoms with van der Waals surface area (Å²) < 4.78 is 6.00. The van der Waals surface area contributed by atoms with E-state index in [1.54, 1.807) is 6.07 Å². The van der Waals surface area contributed by atoms with Crippen LogP contribution in [0.5, 0.6) is 0 Å². The van der Waals surface area contributed by atoms with Gasteiger partial charge in [-0.15, -0.1) is 0 Å². The topological polar surface area (TPSA) is 41.5 Å². The molecule has 1 aliphatic heterocycles. The van der Waals surface area contributed by atoms with E-state index in [-0.39, 0.29) is 6.42 Å². The minimum atomic E-state index is -1.26. The predicted molar refractivity (Wildman–Crippen MR) is 119 cm³/mol. The number of rotatable bonds is 5. The molecule has 29 heavy (non-hydrogen) atoms. The Hall–Kier alpha value is -1.88. The van der Waals surface area contributed by atoms with Gasteiger partial charge >= 0.3 is 0 Å². The molecule has 2 N–H and O–H groups in total. The number of nitrogens with one attached hydrogen (secondary N) is 1. The first-order chi connectivity index (χ1) is 14.1. The zero-order chi connectivity index (χ0) is 20.3. The van der Waals surface area contributed by atoms with Crippen LogP contribution in [0.1, 0.15) is 11.1 Å². The average molecular weight is 428 g/mol. The molecule has 3 nitrogen and oxygen atoms in total. The highest BCUT2D eigenvalue weighted by molar-refractivity contribution is 6.42. The van der Waals surface area contributed by atoms with E-state index < -0.39 is 11.7 Å². The molecule has 2 unspecified atom stereocenters. The highest BCUT2D eigenvalue weighted by atomic mass is 35.5. The maximum Gasteiger partial charge on any atom is 0.121 e.